The third-order valence-corrected chi connectivity index (χ3v) is 3.76. The smallest absolute Gasteiger partial charge is 0.245 e. The quantitative estimate of drug-likeness (QED) is 0.320. The zero-order chi connectivity index (χ0) is 10.8. The van der Waals surface area contributed by atoms with E-state index in [0.29, 0.717) is 12.1 Å². The second-order valence-corrected chi connectivity index (χ2v) is 5.28. The first-order chi connectivity index (χ1) is 6.68. The fourth-order valence-electron chi connectivity index (χ4n) is 0.563. The van der Waals surface area contributed by atoms with Crippen molar-refractivity contribution in [3.63, 3.8) is 0 Å². The van der Waals surface area contributed by atoms with E-state index in [1.807, 2.05) is 0 Å². The van der Waals surface area contributed by atoms with E-state index in [4.69, 9.17) is 11.5 Å². The van der Waals surface area contributed by atoms with Crippen molar-refractivity contribution in [1.29, 1.82) is 0 Å². The lowest BCUT2D eigenvalue weighted by Gasteiger charge is -2.01. The van der Waals surface area contributed by atoms with Crippen LogP contribution >= 0.6 is 21.6 Å². The fourth-order valence-corrected chi connectivity index (χ4v) is 2.34. The molecule has 0 spiro atoms. The van der Waals surface area contributed by atoms with Gasteiger partial charge in [0.1, 0.15) is 0 Å². The maximum absolute atomic E-state index is 10.6. The topological polar surface area (TPSA) is 81.1 Å². The molecule has 5 N–H and O–H groups in total. The van der Waals surface area contributed by atoms with Crippen LogP contribution in [0.25, 0.3) is 0 Å². The van der Waals surface area contributed by atoms with E-state index in [9.17, 15) is 4.79 Å². The molecular formula is C8H17N3OS2. The molecule has 0 aliphatic carbocycles. The molecule has 6 heteroatoms. The van der Waals surface area contributed by atoms with Crippen LogP contribution in [-0.4, -0.2) is 30.5 Å². The van der Waals surface area contributed by atoms with Gasteiger partial charge < -0.3 is 16.8 Å². The first-order valence-electron chi connectivity index (χ1n) is 4.33. The van der Waals surface area contributed by atoms with Crippen molar-refractivity contribution in [2.24, 2.45) is 11.5 Å². The summed E-state index contributed by atoms with van der Waals surface area (Å²) in [7, 11) is 3.52. The van der Waals surface area contributed by atoms with Gasteiger partial charge in [-0.25, -0.2) is 0 Å². The average molecular weight is 235 g/mol. The molecule has 1 amide bonds. The summed E-state index contributed by atoms with van der Waals surface area (Å²) in [6.07, 6.45) is 1.65. The van der Waals surface area contributed by atoms with Gasteiger partial charge in [-0.2, -0.15) is 0 Å². The third-order valence-electron chi connectivity index (χ3n) is 1.32. The molecule has 0 aliphatic rings. The molecule has 0 aromatic rings. The number of nitrogens with two attached hydrogens (primary N) is 2. The minimum atomic E-state index is -0.386. The standard InChI is InChI=1S/C8H17N3OS2/c1-7(8(10)12)6-11-3-5-14-13-4-2-9/h6,11H,2-5,9H2,1H3,(H2,10,12). The van der Waals surface area contributed by atoms with Gasteiger partial charge >= 0.3 is 0 Å². The van der Waals surface area contributed by atoms with Crippen LogP contribution in [0.15, 0.2) is 11.8 Å². The summed E-state index contributed by atoms with van der Waals surface area (Å²) in [5.41, 5.74) is 10.9. The SMILES string of the molecule is CC(=CNCCSSCCN)C(N)=O. The van der Waals surface area contributed by atoms with Gasteiger partial charge in [0.05, 0.1) is 0 Å². The van der Waals surface area contributed by atoms with Crippen molar-refractivity contribution in [2.75, 3.05) is 24.6 Å². The van der Waals surface area contributed by atoms with Gasteiger partial charge in [-0.1, -0.05) is 21.6 Å². The lowest BCUT2D eigenvalue weighted by Crippen LogP contribution is -2.16. The maximum Gasteiger partial charge on any atom is 0.245 e. The minimum Gasteiger partial charge on any atom is -0.390 e. The Morgan fingerprint density at radius 3 is 2.64 bits per heavy atom. The summed E-state index contributed by atoms with van der Waals surface area (Å²) in [6.45, 7) is 3.23. The molecule has 82 valence electrons. The Morgan fingerprint density at radius 2 is 2.07 bits per heavy atom. The highest BCUT2D eigenvalue weighted by molar-refractivity contribution is 8.76. The number of hydrogen-bond donors (Lipinski definition) is 3. The molecule has 0 atom stereocenters. The summed E-state index contributed by atoms with van der Waals surface area (Å²) >= 11 is 0. The Hall–Kier alpha value is -0.330. The predicted octanol–water partition coefficient (Wildman–Crippen LogP) is 0.305. The van der Waals surface area contributed by atoms with Crippen molar-refractivity contribution in [1.82, 2.24) is 5.32 Å². The van der Waals surface area contributed by atoms with E-state index < -0.39 is 0 Å². The largest absolute Gasteiger partial charge is 0.390 e. The maximum atomic E-state index is 10.6. The Kier molecular flexibility index (Phi) is 9.02. The molecule has 0 saturated carbocycles. The monoisotopic (exact) mass is 235 g/mol. The van der Waals surface area contributed by atoms with Gasteiger partial charge in [0.15, 0.2) is 0 Å². The molecule has 14 heavy (non-hydrogen) atoms. The number of carbonyl (C=O) groups is 1. The summed E-state index contributed by atoms with van der Waals surface area (Å²) < 4.78 is 0. The van der Waals surface area contributed by atoms with Crippen molar-refractivity contribution in [3.05, 3.63) is 11.8 Å². The third kappa shape index (κ3) is 8.28. The predicted molar refractivity (Wildman–Crippen MR) is 64.9 cm³/mol. The van der Waals surface area contributed by atoms with Crippen molar-refractivity contribution < 1.29 is 4.79 Å². The van der Waals surface area contributed by atoms with Gasteiger partial charge in [0.25, 0.3) is 0 Å². The van der Waals surface area contributed by atoms with Gasteiger partial charge in [0, 0.05) is 36.4 Å². The van der Waals surface area contributed by atoms with E-state index in [-0.39, 0.29) is 5.91 Å². The highest BCUT2D eigenvalue weighted by Crippen LogP contribution is 2.18. The molecule has 4 nitrogen and oxygen atoms in total. The highest BCUT2D eigenvalue weighted by Gasteiger charge is 1.94. The van der Waals surface area contributed by atoms with Crippen LogP contribution in [0, 0.1) is 0 Å². The first kappa shape index (κ1) is 13.7. The van der Waals surface area contributed by atoms with Gasteiger partial charge in [-0.05, 0) is 6.92 Å². The number of primary amides is 1. The zero-order valence-corrected chi connectivity index (χ0v) is 9.92. The van der Waals surface area contributed by atoms with Gasteiger partial charge in [0.2, 0.25) is 5.91 Å². The zero-order valence-electron chi connectivity index (χ0n) is 8.29. The number of rotatable bonds is 8. The van der Waals surface area contributed by atoms with E-state index >= 15 is 0 Å². The molecular weight excluding hydrogens is 218 g/mol. The fraction of sp³-hybridized carbons (Fsp3) is 0.625. The summed E-state index contributed by atoms with van der Waals surface area (Å²) in [4.78, 5) is 10.6. The first-order valence-corrected chi connectivity index (χ1v) is 6.81. The van der Waals surface area contributed by atoms with E-state index in [1.54, 1.807) is 34.7 Å². The molecule has 0 aliphatic heterocycles. The van der Waals surface area contributed by atoms with E-state index in [1.165, 1.54) is 0 Å². The minimum absolute atomic E-state index is 0.386. The number of amides is 1. The molecule has 0 heterocycles. The molecule has 0 saturated heterocycles. The van der Waals surface area contributed by atoms with E-state index in [2.05, 4.69) is 5.32 Å². The summed E-state index contributed by atoms with van der Waals surface area (Å²) in [6, 6.07) is 0. The van der Waals surface area contributed by atoms with Crippen LogP contribution in [0.4, 0.5) is 0 Å². The molecule has 0 radical (unpaired) electrons. The molecule has 0 rings (SSSR count). The molecule has 0 fully saturated rings. The second-order valence-electron chi connectivity index (χ2n) is 2.58. The van der Waals surface area contributed by atoms with Gasteiger partial charge in [-0.3, -0.25) is 4.79 Å². The number of hydrogen-bond acceptors (Lipinski definition) is 5. The highest BCUT2D eigenvalue weighted by atomic mass is 33.1. The van der Waals surface area contributed by atoms with Crippen LogP contribution in [-0.2, 0) is 4.79 Å². The Labute approximate surface area is 92.6 Å². The van der Waals surface area contributed by atoms with Crippen molar-refractivity contribution in [3.8, 4) is 0 Å². The van der Waals surface area contributed by atoms with Gasteiger partial charge in [-0.15, -0.1) is 0 Å². The van der Waals surface area contributed by atoms with Crippen LogP contribution in [0.3, 0.4) is 0 Å². The van der Waals surface area contributed by atoms with Crippen LogP contribution in [0.1, 0.15) is 6.92 Å². The number of nitrogens with one attached hydrogen (secondary N) is 1. The average Bonchev–Trinajstić information content (AvgIpc) is 2.16. The summed E-state index contributed by atoms with van der Waals surface area (Å²) in [5, 5.41) is 3.02. The Bertz CT molecular complexity index is 197. The molecule has 0 unspecified atom stereocenters. The van der Waals surface area contributed by atoms with Crippen LogP contribution < -0.4 is 16.8 Å². The van der Waals surface area contributed by atoms with Crippen LogP contribution in [0.5, 0.6) is 0 Å². The number of carbonyl (C=O) groups excluding carboxylic acids is 1. The van der Waals surface area contributed by atoms with Crippen molar-refractivity contribution in [2.45, 2.75) is 6.92 Å². The summed E-state index contributed by atoms with van der Waals surface area (Å²) in [5.74, 6) is 1.57. The molecule has 0 aromatic heterocycles. The van der Waals surface area contributed by atoms with Crippen molar-refractivity contribution >= 4 is 27.5 Å². The lowest BCUT2D eigenvalue weighted by molar-refractivity contribution is -0.114. The second kappa shape index (κ2) is 9.23. The Balaban J connectivity index is 3.29. The molecule has 0 bridgehead atoms. The molecule has 0 aromatic carbocycles. The Morgan fingerprint density at radius 1 is 1.43 bits per heavy atom. The van der Waals surface area contributed by atoms with E-state index in [0.717, 1.165) is 18.1 Å². The van der Waals surface area contributed by atoms with Crippen LogP contribution in [0.2, 0.25) is 0 Å². The normalized spacial score (nSPS) is 11.4. The lowest BCUT2D eigenvalue weighted by atomic mass is 10.3.